The van der Waals surface area contributed by atoms with E-state index in [-0.39, 0.29) is 13.5 Å². The van der Waals surface area contributed by atoms with Gasteiger partial charge in [0.1, 0.15) is 0 Å². The summed E-state index contributed by atoms with van der Waals surface area (Å²) in [5.41, 5.74) is 4.88. The molecule has 2 fully saturated rings. The van der Waals surface area contributed by atoms with Crippen molar-refractivity contribution in [3.63, 3.8) is 0 Å². The van der Waals surface area contributed by atoms with E-state index in [2.05, 4.69) is 52.4 Å². The van der Waals surface area contributed by atoms with Gasteiger partial charge in [-0.15, -0.1) is 0 Å². The average Bonchev–Trinajstić information content (AvgIpc) is 2.74. The molecule has 0 saturated carbocycles. The lowest BCUT2D eigenvalue weighted by Crippen LogP contribution is -2.40. The highest BCUT2D eigenvalue weighted by atomic mass is 31.1. The van der Waals surface area contributed by atoms with Crippen LogP contribution in [0.5, 0.6) is 0 Å². The van der Waals surface area contributed by atoms with Crippen molar-refractivity contribution < 1.29 is 4.42 Å². The number of hydrogen-bond acceptors (Lipinski definition) is 2. The van der Waals surface area contributed by atoms with Crippen LogP contribution in [0.3, 0.4) is 0 Å². The number of hydrogen-bond donors (Lipinski definition) is 0. The van der Waals surface area contributed by atoms with Crippen LogP contribution in [0.2, 0.25) is 0 Å². The van der Waals surface area contributed by atoms with Crippen molar-refractivity contribution in [2.75, 3.05) is 7.05 Å². The molecule has 4 unspecified atom stereocenters. The molecule has 1 aliphatic carbocycles. The van der Waals surface area contributed by atoms with Crippen LogP contribution in [-0.2, 0) is 0 Å². The number of nitrogens with zero attached hydrogens (tertiary/aromatic N) is 1. The summed E-state index contributed by atoms with van der Waals surface area (Å²) in [5.74, 6) is 0. The van der Waals surface area contributed by atoms with Crippen molar-refractivity contribution in [2.24, 2.45) is 5.41 Å². The Kier molecular flexibility index (Phi) is 1.93. The van der Waals surface area contributed by atoms with E-state index in [4.69, 9.17) is 4.42 Å². The van der Waals surface area contributed by atoms with Crippen molar-refractivity contribution in [2.45, 2.75) is 51.0 Å². The third-order valence-corrected chi connectivity index (χ3v) is 11.0. The first-order chi connectivity index (χ1) is 8.83. The molecule has 3 heteroatoms. The summed E-state index contributed by atoms with van der Waals surface area (Å²) in [6.45, 7) is 12.2. The molecule has 0 radical (unpaired) electrons. The zero-order valence-corrected chi connectivity index (χ0v) is 13.5. The highest BCUT2D eigenvalue weighted by Gasteiger charge is 2.89. The predicted molar refractivity (Wildman–Crippen MR) is 79.4 cm³/mol. The first kappa shape index (κ1) is 12.2. The van der Waals surface area contributed by atoms with Gasteiger partial charge in [-0.3, -0.25) is 4.67 Å². The molecule has 2 nitrogen and oxygen atoms in total. The van der Waals surface area contributed by atoms with Gasteiger partial charge in [0.15, 0.2) is 0 Å². The van der Waals surface area contributed by atoms with Gasteiger partial charge in [-0.2, -0.15) is 0 Å². The molecular formula is C16H22NOP. The smallest absolute Gasteiger partial charge is 0.0950 e. The van der Waals surface area contributed by atoms with Crippen LogP contribution in [0, 0.1) is 5.41 Å². The molecule has 0 bridgehead atoms. The Morgan fingerprint density at radius 3 is 2.47 bits per heavy atom. The van der Waals surface area contributed by atoms with Crippen molar-refractivity contribution >= 4 is 8.07 Å². The highest BCUT2D eigenvalue weighted by molar-refractivity contribution is 7.68. The van der Waals surface area contributed by atoms with Crippen LogP contribution in [0.15, 0.2) is 34.2 Å². The molecule has 19 heavy (non-hydrogen) atoms. The van der Waals surface area contributed by atoms with E-state index in [0.717, 1.165) is 0 Å². The summed E-state index contributed by atoms with van der Waals surface area (Å²) >= 11 is 0. The van der Waals surface area contributed by atoms with E-state index in [1.807, 2.05) is 12.5 Å². The molecule has 3 aliphatic rings. The van der Waals surface area contributed by atoms with Crippen molar-refractivity contribution in [1.29, 1.82) is 0 Å². The molecule has 0 amide bonds. The molecule has 2 saturated heterocycles. The lowest BCUT2D eigenvalue weighted by atomic mass is 9.67. The summed E-state index contributed by atoms with van der Waals surface area (Å²) in [6, 6.07) is 2.63. The fraction of sp³-hybridized carbons (Fsp3) is 0.625. The van der Waals surface area contributed by atoms with Gasteiger partial charge in [-0.25, -0.2) is 0 Å². The van der Waals surface area contributed by atoms with Crippen LogP contribution < -0.4 is 0 Å². The molecular weight excluding hydrogens is 253 g/mol. The van der Waals surface area contributed by atoms with Gasteiger partial charge in [0.25, 0.3) is 0 Å². The molecule has 5 atom stereocenters. The minimum absolute atomic E-state index is 0.0622. The van der Waals surface area contributed by atoms with Gasteiger partial charge >= 0.3 is 0 Å². The quantitative estimate of drug-likeness (QED) is 0.552. The summed E-state index contributed by atoms with van der Waals surface area (Å²) in [6.07, 6.45) is 3.75. The Morgan fingerprint density at radius 1 is 1.21 bits per heavy atom. The number of rotatable bonds is 1. The fourth-order valence-corrected chi connectivity index (χ4v) is 10.3. The first-order valence-electron chi connectivity index (χ1n) is 7.06. The maximum absolute atomic E-state index is 5.36. The molecule has 3 heterocycles. The van der Waals surface area contributed by atoms with Crippen LogP contribution >= 0.6 is 8.07 Å². The average molecular weight is 275 g/mol. The topological polar surface area (TPSA) is 16.4 Å². The second kappa shape index (κ2) is 3.02. The zero-order valence-electron chi connectivity index (χ0n) is 12.6. The van der Waals surface area contributed by atoms with Crippen molar-refractivity contribution in [3.05, 3.63) is 35.3 Å². The summed E-state index contributed by atoms with van der Waals surface area (Å²) in [4.78, 5) is 0. The largest absolute Gasteiger partial charge is 0.472 e. The maximum atomic E-state index is 5.36. The van der Waals surface area contributed by atoms with Crippen LogP contribution in [-0.4, -0.2) is 22.0 Å². The molecule has 1 aromatic rings. The maximum Gasteiger partial charge on any atom is 0.0950 e. The Hall–Kier alpha value is -0.590. The fourth-order valence-electron chi connectivity index (χ4n) is 5.53. The van der Waals surface area contributed by atoms with Crippen LogP contribution in [0.25, 0.3) is 0 Å². The first-order valence-corrected chi connectivity index (χ1v) is 8.36. The van der Waals surface area contributed by atoms with E-state index in [1.54, 1.807) is 11.1 Å². The Morgan fingerprint density at radius 2 is 1.89 bits per heavy atom. The molecule has 0 spiro atoms. The van der Waals surface area contributed by atoms with Gasteiger partial charge in [-0.05, 0) is 42.0 Å². The Labute approximate surface area is 116 Å². The molecule has 2 aliphatic heterocycles. The van der Waals surface area contributed by atoms with Gasteiger partial charge < -0.3 is 4.42 Å². The third-order valence-electron chi connectivity index (χ3n) is 6.92. The molecule has 4 rings (SSSR count). The van der Waals surface area contributed by atoms with Gasteiger partial charge in [0, 0.05) is 21.3 Å². The van der Waals surface area contributed by atoms with E-state index >= 15 is 0 Å². The second-order valence-electron chi connectivity index (χ2n) is 6.94. The summed E-state index contributed by atoms with van der Waals surface area (Å²) < 4.78 is 8.03. The Balaban J connectivity index is 1.97. The van der Waals surface area contributed by atoms with E-state index in [9.17, 15) is 0 Å². The van der Waals surface area contributed by atoms with Gasteiger partial charge in [-0.1, -0.05) is 25.0 Å². The van der Waals surface area contributed by atoms with Gasteiger partial charge in [0.2, 0.25) is 0 Å². The standard InChI is InChI=1S/C16H22NOP/c1-10-11(2)15(4)16(5)14(10,3)13(17(6)19(15)16)12-7-8-18-9-12/h7-9,13H,1-6H3/t13-,14?,15?,16?,19?/m1/s1. The van der Waals surface area contributed by atoms with Crippen LogP contribution in [0.4, 0.5) is 0 Å². The monoisotopic (exact) mass is 275 g/mol. The van der Waals surface area contributed by atoms with E-state index in [1.165, 1.54) is 5.56 Å². The minimum Gasteiger partial charge on any atom is -0.472 e. The number of furan rings is 1. The SMILES string of the molecule is CC1=C(C)C2(C)P3N(C)[C@H](c4ccoc4)C1(C)C32C. The number of allylic oxidation sites excluding steroid dienone is 1. The van der Waals surface area contributed by atoms with E-state index in [0.29, 0.717) is 16.4 Å². The molecule has 0 aromatic carbocycles. The normalized spacial score (nSPS) is 51.9. The van der Waals surface area contributed by atoms with Gasteiger partial charge in [0.05, 0.1) is 18.6 Å². The van der Waals surface area contributed by atoms with E-state index < -0.39 is 0 Å². The summed E-state index contributed by atoms with van der Waals surface area (Å²) in [7, 11) is 2.26. The van der Waals surface area contributed by atoms with Crippen molar-refractivity contribution in [3.8, 4) is 0 Å². The minimum atomic E-state index is -0.0622. The summed E-state index contributed by atoms with van der Waals surface area (Å²) in [5, 5.41) is 0.885. The lowest BCUT2D eigenvalue weighted by molar-refractivity contribution is 0.199. The van der Waals surface area contributed by atoms with Crippen molar-refractivity contribution in [1.82, 2.24) is 4.67 Å². The lowest BCUT2D eigenvalue weighted by Gasteiger charge is -2.39. The highest BCUT2D eigenvalue weighted by Crippen LogP contribution is 3.01. The molecule has 0 N–H and O–H groups in total. The predicted octanol–water partition coefficient (Wildman–Crippen LogP) is 4.55. The molecule has 1 aromatic heterocycles. The number of fused-ring (bicyclic) bond motifs is 1. The Bertz CT molecular complexity index is 606. The third kappa shape index (κ3) is 0.883. The van der Waals surface area contributed by atoms with Crippen LogP contribution in [0.1, 0.15) is 46.2 Å². The zero-order chi connectivity index (χ0) is 13.8. The second-order valence-corrected chi connectivity index (χ2v) is 9.98. The molecule has 102 valence electrons.